The van der Waals surface area contributed by atoms with Crippen molar-refractivity contribution in [2.24, 2.45) is 5.92 Å². The van der Waals surface area contributed by atoms with E-state index >= 15 is 0 Å². The number of rotatable bonds is 4. The lowest BCUT2D eigenvalue weighted by Crippen LogP contribution is -2.47. The van der Waals surface area contributed by atoms with Crippen LogP contribution in [-0.2, 0) is 16.1 Å². The zero-order chi connectivity index (χ0) is 17.1. The first kappa shape index (κ1) is 17.0. The minimum Gasteiger partial charge on any atom is -0.345 e. The second-order valence-corrected chi connectivity index (χ2v) is 7.12. The Morgan fingerprint density at radius 3 is 2.46 bits per heavy atom. The maximum Gasteiger partial charge on any atom is 0.227 e. The molecule has 0 bridgehead atoms. The summed E-state index contributed by atoms with van der Waals surface area (Å²) in [5.74, 6) is 0.0588. The molecule has 24 heavy (non-hydrogen) atoms. The lowest BCUT2D eigenvalue weighted by molar-refractivity contribution is -0.137. The molecule has 5 nitrogen and oxygen atoms in total. The molecule has 0 aliphatic carbocycles. The van der Waals surface area contributed by atoms with Gasteiger partial charge < -0.3 is 9.80 Å². The summed E-state index contributed by atoms with van der Waals surface area (Å²) in [6.07, 6.45) is 2.38. The second kappa shape index (κ2) is 7.34. The Labute approximate surface area is 144 Å². The average molecular weight is 329 g/mol. The molecule has 2 fully saturated rings. The standard InChI is InChI=1S/C19H27N3O2/c1-20-14-16(12-18(20)23)19(24)21(2)17-8-10-22(11-9-17)13-15-6-4-3-5-7-15/h3-7,16-17H,8-14H2,1-2H3. The van der Waals surface area contributed by atoms with E-state index < -0.39 is 0 Å². The Morgan fingerprint density at radius 1 is 1.21 bits per heavy atom. The topological polar surface area (TPSA) is 43.9 Å². The van der Waals surface area contributed by atoms with Crippen molar-refractivity contribution >= 4 is 11.8 Å². The van der Waals surface area contributed by atoms with Crippen molar-refractivity contribution in [3.8, 4) is 0 Å². The molecule has 2 heterocycles. The molecule has 1 unspecified atom stereocenters. The maximum atomic E-state index is 12.6. The van der Waals surface area contributed by atoms with Crippen molar-refractivity contribution in [3.05, 3.63) is 35.9 Å². The Morgan fingerprint density at radius 2 is 1.88 bits per heavy atom. The van der Waals surface area contributed by atoms with Crippen LogP contribution in [0.2, 0.25) is 0 Å². The Hall–Kier alpha value is -1.88. The summed E-state index contributed by atoms with van der Waals surface area (Å²) in [5.41, 5.74) is 1.34. The Kier molecular flexibility index (Phi) is 5.19. The van der Waals surface area contributed by atoms with E-state index in [1.54, 1.807) is 11.9 Å². The van der Waals surface area contributed by atoms with Crippen LogP contribution in [0.5, 0.6) is 0 Å². The molecule has 1 aromatic carbocycles. The van der Waals surface area contributed by atoms with Gasteiger partial charge in [-0.2, -0.15) is 0 Å². The van der Waals surface area contributed by atoms with Crippen LogP contribution in [-0.4, -0.2) is 66.3 Å². The second-order valence-electron chi connectivity index (χ2n) is 7.12. The van der Waals surface area contributed by atoms with E-state index in [1.165, 1.54) is 5.56 Å². The predicted molar refractivity (Wildman–Crippen MR) is 93.3 cm³/mol. The molecule has 5 heteroatoms. The fourth-order valence-electron chi connectivity index (χ4n) is 3.80. The smallest absolute Gasteiger partial charge is 0.227 e. The third kappa shape index (κ3) is 3.78. The van der Waals surface area contributed by atoms with Crippen LogP contribution in [0.4, 0.5) is 0 Å². The minimum absolute atomic E-state index is 0.0828. The van der Waals surface area contributed by atoms with Gasteiger partial charge >= 0.3 is 0 Å². The van der Waals surface area contributed by atoms with Crippen LogP contribution in [0.3, 0.4) is 0 Å². The predicted octanol–water partition coefficient (Wildman–Crippen LogP) is 1.59. The summed E-state index contributed by atoms with van der Waals surface area (Å²) < 4.78 is 0. The molecule has 0 saturated carbocycles. The lowest BCUT2D eigenvalue weighted by atomic mass is 10.00. The molecule has 1 atom stereocenters. The molecule has 0 radical (unpaired) electrons. The molecule has 3 rings (SSSR count). The monoisotopic (exact) mass is 329 g/mol. The van der Waals surface area contributed by atoms with Gasteiger partial charge in [0.05, 0.1) is 5.92 Å². The highest BCUT2D eigenvalue weighted by Gasteiger charge is 2.36. The van der Waals surface area contributed by atoms with E-state index in [2.05, 4.69) is 29.2 Å². The summed E-state index contributed by atoms with van der Waals surface area (Å²) in [6, 6.07) is 10.8. The van der Waals surface area contributed by atoms with Gasteiger partial charge in [-0.05, 0) is 18.4 Å². The molecular weight excluding hydrogens is 302 g/mol. The first-order chi connectivity index (χ1) is 11.5. The van der Waals surface area contributed by atoms with Gasteiger partial charge in [0.15, 0.2) is 0 Å². The van der Waals surface area contributed by atoms with Gasteiger partial charge in [0, 0.05) is 52.7 Å². The van der Waals surface area contributed by atoms with Gasteiger partial charge in [-0.3, -0.25) is 14.5 Å². The molecule has 1 aromatic rings. The highest BCUT2D eigenvalue weighted by atomic mass is 16.2. The maximum absolute atomic E-state index is 12.6. The van der Waals surface area contributed by atoms with Crippen molar-refractivity contribution in [3.63, 3.8) is 0 Å². The zero-order valence-electron chi connectivity index (χ0n) is 14.6. The molecule has 2 amide bonds. The molecule has 2 aliphatic rings. The van der Waals surface area contributed by atoms with Crippen LogP contribution >= 0.6 is 0 Å². The van der Waals surface area contributed by atoms with E-state index in [0.717, 1.165) is 32.5 Å². The van der Waals surface area contributed by atoms with Gasteiger partial charge in [0.2, 0.25) is 11.8 Å². The molecule has 130 valence electrons. The fourth-order valence-corrected chi connectivity index (χ4v) is 3.80. The molecule has 0 N–H and O–H groups in total. The van der Waals surface area contributed by atoms with E-state index in [9.17, 15) is 9.59 Å². The van der Waals surface area contributed by atoms with E-state index in [-0.39, 0.29) is 17.7 Å². The van der Waals surface area contributed by atoms with Crippen molar-refractivity contribution in [2.75, 3.05) is 33.7 Å². The molecular formula is C19H27N3O2. The van der Waals surface area contributed by atoms with E-state index in [1.807, 2.05) is 18.0 Å². The number of hydrogen-bond acceptors (Lipinski definition) is 3. The van der Waals surface area contributed by atoms with Crippen LogP contribution < -0.4 is 0 Å². The van der Waals surface area contributed by atoms with Gasteiger partial charge in [0.1, 0.15) is 0 Å². The third-order valence-corrected chi connectivity index (χ3v) is 5.39. The molecule has 0 aromatic heterocycles. The zero-order valence-corrected chi connectivity index (χ0v) is 14.6. The number of carbonyl (C=O) groups excluding carboxylic acids is 2. The van der Waals surface area contributed by atoms with Crippen LogP contribution in [0.25, 0.3) is 0 Å². The number of nitrogens with zero attached hydrogens (tertiary/aromatic N) is 3. The normalized spacial score (nSPS) is 22.8. The summed E-state index contributed by atoms with van der Waals surface area (Å²) in [7, 11) is 3.68. The number of hydrogen-bond donors (Lipinski definition) is 0. The number of amides is 2. The lowest BCUT2D eigenvalue weighted by Gasteiger charge is -2.37. The van der Waals surface area contributed by atoms with Crippen molar-refractivity contribution in [1.82, 2.24) is 14.7 Å². The number of benzene rings is 1. The van der Waals surface area contributed by atoms with Crippen molar-refractivity contribution < 1.29 is 9.59 Å². The summed E-state index contributed by atoms with van der Waals surface area (Å²) in [5, 5.41) is 0. The Bertz CT molecular complexity index is 582. The molecule has 2 saturated heterocycles. The van der Waals surface area contributed by atoms with E-state index in [4.69, 9.17) is 0 Å². The molecule has 2 aliphatic heterocycles. The van der Waals surface area contributed by atoms with Gasteiger partial charge in [-0.25, -0.2) is 0 Å². The van der Waals surface area contributed by atoms with Crippen LogP contribution in [0.15, 0.2) is 30.3 Å². The Balaban J connectivity index is 1.49. The highest BCUT2D eigenvalue weighted by molar-refractivity contribution is 5.89. The van der Waals surface area contributed by atoms with Gasteiger partial charge in [-0.1, -0.05) is 30.3 Å². The summed E-state index contributed by atoms with van der Waals surface area (Å²) >= 11 is 0. The van der Waals surface area contributed by atoms with Gasteiger partial charge in [0.25, 0.3) is 0 Å². The summed E-state index contributed by atoms with van der Waals surface area (Å²) in [4.78, 5) is 30.3. The average Bonchev–Trinajstić information content (AvgIpc) is 2.94. The first-order valence-electron chi connectivity index (χ1n) is 8.81. The number of piperidine rings is 1. The van der Waals surface area contributed by atoms with Crippen molar-refractivity contribution in [2.45, 2.75) is 31.8 Å². The van der Waals surface area contributed by atoms with Crippen molar-refractivity contribution in [1.29, 1.82) is 0 Å². The summed E-state index contributed by atoms with van der Waals surface area (Å²) in [6.45, 7) is 3.57. The third-order valence-electron chi connectivity index (χ3n) is 5.39. The van der Waals surface area contributed by atoms with E-state index in [0.29, 0.717) is 19.0 Å². The largest absolute Gasteiger partial charge is 0.345 e. The number of likely N-dealkylation sites (tertiary alicyclic amines) is 2. The minimum atomic E-state index is -0.158. The SMILES string of the molecule is CN1CC(C(=O)N(C)C2CCN(Cc3ccccc3)CC2)CC1=O. The van der Waals surface area contributed by atoms with Crippen LogP contribution in [0, 0.1) is 5.92 Å². The molecule has 0 spiro atoms. The number of carbonyl (C=O) groups is 2. The van der Waals surface area contributed by atoms with Gasteiger partial charge in [-0.15, -0.1) is 0 Å². The quantitative estimate of drug-likeness (QED) is 0.842. The fraction of sp³-hybridized carbons (Fsp3) is 0.579. The van der Waals surface area contributed by atoms with Crippen LogP contribution in [0.1, 0.15) is 24.8 Å². The first-order valence-corrected chi connectivity index (χ1v) is 8.81. The highest BCUT2D eigenvalue weighted by Crippen LogP contribution is 2.23.